The van der Waals surface area contributed by atoms with Crippen molar-refractivity contribution in [3.8, 4) is 22.6 Å². The monoisotopic (exact) mass is 509 g/mol. The molecule has 0 aliphatic carbocycles. The number of amides is 1. The summed E-state index contributed by atoms with van der Waals surface area (Å²) in [5.41, 5.74) is 9.69. The van der Waals surface area contributed by atoms with Gasteiger partial charge >= 0.3 is 0 Å². The lowest BCUT2D eigenvalue weighted by molar-refractivity contribution is -0.122. The van der Waals surface area contributed by atoms with E-state index in [4.69, 9.17) is 15.2 Å². The van der Waals surface area contributed by atoms with Crippen molar-refractivity contribution < 1.29 is 27.8 Å². The van der Waals surface area contributed by atoms with Gasteiger partial charge in [0, 0.05) is 13.2 Å². The number of aromatic hydroxyl groups is 1. The molecule has 4 rings (SSSR count). The summed E-state index contributed by atoms with van der Waals surface area (Å²) in [5, 5.41) is 9.76. The lowest BCUT2D eigenvalue weighted by Crippen LogP contribution is -2.53. The number of benzene rings is 3. The summed E-state index contributed by atoms with van der Waals surface area (Å²) in [5.74, 6) is 0.00626. The molecule has 1 aliphatic heterocycles. The molecule has 1 saturated heterocycles. The Labute approximate surface area is 211 Å². The number of hydrogen-bond donors (Lipinski definition) is 2. The number of hydrogen-bond acceptors (Lipinski definition) is 6. The van der Waals surface area contributed by atoms with E-state index in [0.717, 1.165) is 29.5 Å². The van der Waals surface area contributed by atoms with Crippen LogP contribution in [0.4, 0.5) is 0 Å². The van der Waals surface area contributed by atoms with Crippen LogP contribution in [0.1, 0.15) is 30.4 Å². The Kier molecular flexibility index (Phi) is 7.66. The highest BCUT2D eigenvalue weighted by atomic mass is 32.2. The smallest absolute Gasteiger partial charge is 0.239 e. The number of phenolic OH excluding ortho intramolecular Hbond substituents is 1. The SMILES string of the molecule is Cc1cc(-c2cccc(CCCOc3ccc(S(=O)(=O)C4(C(N)=O)CCOCC4)cc3)c2)ccc1O. The number of phenols is 1. The van der Waals surface area contributed by atoms with Gasteiger partial charge in [-0.15, -0.1) is 0 Å². The van der Waals surface area contributed by atoms with Crippen molar-refractivity contribution >= 4 is 15.7 Å². The summed E-state index contributed by atoms with van der Waals surface area (Å²) >= 11 is 0. The molecule has 0 bridgehead atoms. The molecule has 3 N–H and O–H groups in total. The second kappa shape index (κ2) is 10.7. The number of primary amides is 1. The number of aryl methyl sites for hydroxylation is 2. The highest BCUT2D eigenvalue weighted by molar-refractivity contribution is 7.93. The molecule has 8 heteroatoms. The van der Waals surface area contributed by atoms with Gasteiger partial charge in [-0.05, 0) is 91.3 Å². The number of ether oxygens (including phenoxy) is 2. The highest BCUT2D eigenvalue weighted by Gasteiger charge is 2.51. The van der Waals surface area contributed by atoms with Gasteiger partial charge in [-0.25, -0.2) is 8.42 Å². The van der Waals surface area contributed by atoms with Crippen LogP contribution >= 0.6 is 0 Å². The van der Waals surface area contributed by atoms with Crippen LogP contribution in [0.3, 0.4) is 0 Å². The first kappa shape index (κ1) is 25.7. The third kappa shape index (κ3) is 5.24. The normalized spacial score (nSPS) is 15.4. The molecule has 0 saturated carbocycles. The van der Waals surface area contributed by atoms with E-state index < -0.39 is 20.5 Å². The Morgan fingerprint density at radius 2 is 1.72 bits per heavy atom. The molecule has 3 aromatic rings. The maximum Gasteiger partial charge on any atom is 0.239 e. The Bertz CT molecular complexity index is 1330. The molecule has 1 amide bonds. The predicted molar refractivity (Wildman–Crippen MR) is 138 cm³/mol. The fourth-order valence-electron chi connectivity index (χ4n) is 4.50. The molecule has 0 aromatic heterocycles. The predicted octanol–water partition coefficient (Wildman–Crippen LogP) is 4.19. The van der Waals surface area contributed by atoms with Crippen LogP contribution in [0.25, 0.3) is 11.1 Å². The summed E-state index contributed by atoms with van der Waals surface area (Å²) in [6, 6.07) is 20.0. The third-order valence-electron chi connectivity index (χ3n) is 6.73. The van der Waals surface area contributed by atoms with E-state index in [0.29, 0.717) is 12.4 Å². The Morgan fingerprint density at radius 3 is 2.39 bits per heavy atom. The zero-order valence-corrected chi connectivity index (χ0v) is 21.1. The van der Waals surface area contributed by atoms with E-state index in [1.807, 2.05) is 31.2 Å². The van der Waals surface area contributed by atoms with Crippen molar-refractivity contribution in [1.82, 2.24) is 0 Å². The third-order valence-corrected chi connectivity index (χ3v) is 9.26. The van der Waals surface area contributed by atoms with E-state index in [1.165, 1.54) is 17.7 Å². The standard InChI is InChI=1S/C28H31NO6S/c1-20-18-23(7-12-26(20)30)22-6-2-4-21(19-22)5-3-15-35-24-8-10-25(11-9-24)36(32,33)28(27(29)31)13-16-34-17-14-28/h2,4,6-12,18-19,30H,3,5,13-17H2,1H3,(H2,29,31). The quantitative estimate of drug-likeness (QED) is 0.418. The van der Waals surface area contributed by atoms with Crippen LogP contribution in [-0.4, -0.2) is 44.0 Å². The minimum absolute atomic E-state index is 0.0521. The average molecular weight is 510 g/mol. The Balaban J connectivity index is 1.35. The number of carbonyl (C=O) groups excluding carboxylic acids is 1. The van der Waals surface area contributed by atoms with Gasteiger partial charge in [0.2, 0.25) is 5.91 Å². The first-order valence-corrected chi connectivity index (χ1v) is 13.5. The highest BCUT2D eigenvalue weighted by Crippen LogP contribution is 2.35. The summed E-state index contributed by atoms with van der Waals surface area (Å²) < 4.78 is 35.9. The number of sulfone groups is 1. The van der Waals surface area contributed by atoms with Crippen molar-refractivity contribution in [2.24, 2.45) is 5.73 Å². The summed E-state index contributed by atoms with van der Waals surface area (Å²) in [6.07, 6.45) is 1.70. The molecule has 36 heavy (non-hydrogen) atoms. The maximum atomic E-state index is 13.2. The molecule has 0 spiro atoms. The molecule has 0 atom stereocenters. The van der Waals surface area contributed by atoms with Gasteiger partial charge in [-0.1, -0.05) is 30.3 Å². The topological polar surface area (TPSA) is 116 Å². The van der Waals surface area contributed by atoms with Gasteiger partial charge < -0.3 is 20.3 Å². The van der Waals surface area contributed by atoms with Crippen molar-refractivity contribution in [1.29, 1.82) is 0 Å². The van der Waals surface area contributed by atoms with Crippen molar-refractivity contribution in [3.05, 3.63) is 77.9 Å². The lowest BCUT2D eigenvalue weighted by Gasteiger charge is -2.33. The first-order chi connectivity index (χ1) is 17.2. The van der Waals surface area contributed by atoms with Gasteiger partial charge in [-0.2, -0.15) is 0 Å². The summed E-state index contributed by atoms with van der Waals surface area (Å²) in [7, 11) is -3.96. The molecule has 1 fully saturated rings. The van der Waals surface area contributed by atoms with Crippen LogP contribution in [-0.2, 0) is 25.8 Å². The summed E-state index contributed by atoms with van der Waals surface area (Å²) in [6.45, 7) is 2.71. The molecule has 1 aliphatic rings. The fourth-order valence-corrected chi connectivity index (χ4v) is 6.41. The molecule has 0 radical (unpaired) electrons. The van der Waals surface area contributed by atoms with E-state index in [9.17, 15) is 18.3 Å². The zero-order valence-electron chi connectivity index (χ0n) is 20.3. The number of nitrogens with two attached hydrogens (primary N) is 1. The molecule has 1 heterocycles. The van der Waals surface area contributed by atoms with Crippen LogP contribution in [0.2, 0.25) is 0 Å². The van der Waals surface area contributed by atoms with Crippen molar-refractivity contribution in [3.63, 3.8) is 0 Å². The second-order valence-electron chi connectivity index (χ2n) is 9.10. The molecule has 0 unspecified atom stereocenters. The van der Waals surface area contributed by atoms with Crippen LogP contribution in [0.5, 0.6) is 11.5 Å². The van der Waals surface area contributed by atoms with Gasteiger partial charge in [0.15, 0.2) is 14.6 Å². The van der Waals surface area contributed by atoms with E-state index in [-0.39, 0.29) is 36.7 Å². The van der Waals surface area contributed by atoms with Crippen LogP contribution in [0, 0.1) is 6.92 Å². The van der Waals surface area contributed by atoms with E-state index in [2.05, 4.69) is 12.1 Å². The zero-order chi connectivity index (χ0) is 25.8. The van der Waals surface area contributed by atoms with Crippen LogP contribution in [0.15, 0.2) is 71.6 Å². The molecule has 190 valence electrons. The minimum Gasteiger partial charge on any atom is -0.508 e. The maximum absolute atomic E-state index is 13.2. The lowest BCUT2D eigenvalue weighted by atomic mass is 9.98. The van der Waals surface area contributed by atoms with Crippen molar-refractivity contribution in [2.45, 2.75) is 42.2 Å². The fraction of sp³-hybridized carbons (Fsp3) is 0.321. The number of rotatable bonds is 9. The van der Waals surface area contributed by atoms with Gasteiger partial charge in [-0.3, -0.25) is 4.79 Å². The first-order valence-electron chi connectivity index (χ1n) is 12.0. The van der Waals surface area contributed by atoms with Crippen LogP contribution < -0.4 is 10.5 Å². The Hall–Kier alpha value is -3.36. The number of carbonyl (C=O) groups is 1. The van der Waals surface area contributed by atoms with E-state index in [1.54, 1.807) is 18.2 Å². The van der Waals surface area contributed by atoms with Crippen molar-refractivity contribution in [2.75, 3.05) is 19.8 Å². The minimum atomic E-state index is -3.96. The average Bonchev–Trinajstić information content (AvgIpc) is 2.89. The summed E-state index contributed by atoms with van der Waals surface area (Å²) in [4.78, 5) is 12.2. The van der Waals surface area contributed by atoms with Gasteiger partial charge in [0.25, 0.3) is 0 Å². The molecule has 7 nitrogen and oxygen atoms in total. The molecule has 3 aromatic carbocycles. The second-order valence-corrected chi connectivity index (χ2v) is 11.4. The molecular formula is C28H31NO6S. The van der Waals surface area contributed by atoms with E-state index >= 15 is 0 Å². The molecular weight excluding hydrogens is 478 g/mol. The van der Waals surface area contributed by atoms with Gasteiger partial charge in [0.1, 0.15) is 11.5 Å². The Morgan fingerprint density at radius 1 is 1.03 bits per heavy atom. The van der Waals surface area contributed by atoms with Gasteiger partial charge in [0.05, 0.1) is 11.5 Å². The largest absolute Gasteiger partial charge is 0.508 e.